The molecule has 0 radical (unpaired) electrons. The molecular weight excluding hydrogens is 296 g/mol. The van der Waals surface area contributed by atoms with E-state index in [4.69, 9.17) is 10.7 Å². The van der Waals surface area contributed by atoms with E-state index in [1.54, 1.807) is 0 Å². The third-order valence-electron chi connectivity index (χ3n) is 2.82. The Bertz CT molecular complexity index is 663. The lowest BCUT2D eigenvalue weighted by atomic mass is 10.1. The molecule has 2 aromatic carbocycles. The smallest absolute Gasteiger partial charge is 0.146 e. The summed E-state index contributed by atoms with van der Waals surface area (Å²) in [6, 6.07) is 19.7. The summed E-state index contributed by atoms with van der Waals surface area (Å²) < 4.78 is 0. The molecule has 0 saturated carbocycles. The zero-order valence-electron chi connectivity index (χ0n) is 9.92. The molecule has 3 rings (SSSR count). The van der Waals surface area contributed by atoms with E-state index in [2.05, 4.69) is 0 Å². The maximum atomic E-state index is 10.5. The second-order valence-corrected chi connectivity index (χ2v) is 8.45. The molecule has 0 fully saturated rings. The fraction of sp³-hybridized carbons (Fsp3) is 0. The number of aliphatic hydroxyl groups excluding tert-OH is 1. The number of aliphatic hydroxyl groups is 1. The van der Waals surface area contributed by atoms with Crippen LogP contribution in [0, 0.1) is 0 Å². The minimum atomic E-state index is -0.541. The number of hydrogen-bond donors (Lipinski definition) is 1. The summed E-state index contributed by atoms with van der Waals surface area (Å²) in [5, 5.41) is 10.5. The van der Waals surface area contributed by atoms with Gasteiger partial charge in [0.1, 0.15) is 5.76 Å². The average Bonchev–Trinajstić information content (AvgIpc) is 2.76. The van der Waals surface area contributed by atoms with E-state index in [0.717, 1.165) is 20.9 Å². The molecule has 0 saturated heterocycles. The van der Waals surface area contributed by atoms with Gasteiger partial charge in [0.25, 0.3) is 0 Å². The van der Waals surface area contributed by atoms with Gasteiger partial charge in [0, 0.05) is 0 Å². The minimum absolute atomic E-state index is 0.306. The lowest BCUT2D eigenvalue weighted by Gasteiger charge is -2.04. The normalized spacial score (nSPS) is 19.0. The van der Waals surface area contributed by atoms with E-state index < -0.39 is 8.73 Å². The van der Waals surface area contributed by atoms with Gasteiger partial charge < -0.3 is 5.11 Å². The summed E-state index contributed by atoms with van der Waals surface area (Å²) in [4.78, 5) is 1.68. The summed E-state index contributed by atoms with van der Waals surface area (Å²) in [6.45, 7) is 0. The van der Waals surface area contributed by atoms with Crippen LogP contribution in [0.15, 0.2) is 66.4 Å². The molecule has 1 unspecified atom stereocenters. The van der Waals surface area contributed by atoms with Gasteiger partial charge in [0.2, 0.25) is 0 Å². The third kappa shape index (κ3) is 2.46. The highest BCUT2D eigenvalue weighted by Crippen LogP contribution is 2.54. The van der Waals surface area contributed by atoms with Crippen molar-refractivity contribution in [3.05, 3.63) is 77.5 Å². The lowest BCUT2D eigenvalue weighted by Crippen LogP contribution is -2.01. The van der Waals surface area contributed by atoms with Crippen LogP contribution in [0.3, 0.4) is 0 Å². The molecule has 0 bridgehead atoms. The van der Waals surface area contributed by atoms with Crippen LogP contribution in [-0.2, 0) is 0 Å². The number of rotatable bonds is 2. The quantitative estimate of drug-likeness (QED) is 0.606. The van der Waals surface area contributed by atoms with E-state index in [-0.39, 0.29) is 0 Å². The molecule has 1 aliphatic heterocycles. The number of hydrogen-bond acceptors (Lipinski definition) is 2. The van der Waals surface area contributed by atoms with Gasteiger partial charge >= 0.3 is 0 Å². The molecule has 2 aromatic rings. The van der Waals surface area contributed by atoms with Crippen LogP contribution < -0.4 is 0 Å². The van der Waals surface area contributed by atoms with Gasteiger partial charge in [-0.2, -0.15) is 0 Å². The van der Waals surface area contributed by atoms with Gasteiger partial charge in [0.15, 0.2) is 0 Å². The predicted molar refractivity (Wildman–Crippen MR) is 87.6 cm³/mol. The monoisotopic (exact) mass is 306 g/mol. The van der Waals surface area contributed by atoms with Crippen molar-refractivity contribution in [1.29, 1.82) is 0 Å². The van der Waals surface area contributed by atoms with Crippen LogP contribution in [0.5, 0.6) is 0 Å². The van der Waals surface area contributed by atoms with Crippen molar-refractivity contribution in [2.24, 2.45) is 0 Å². The summed E-state index contributed by atoms with van der Waals surface area (Å²) >= 11 is 0. The van der Waals surface area contributed by atoms with Crippen LogP contribution in [0.25, 0.3) is 4.91 Å². The van der Waals surface area contributed by atoms with Gasteiger partial charge in [-0.05, 0) is 41.3 Å². The maximum Gasteiger partial charge on any atom is 0.146 e. The van der Waals surface area contributed by atoms with Crippen LogP contribution in [0.4, 0.5) is 0 Å². The molecule has 19 heavy (non-hydrogen) atoms. The fourth-order valence-corrected chi connectivity index (χ4v) is 6.00. The van der Waals surface area contributed by atoms with Gasteiger partial charge in [-0.1, -0.05) is 60.7 Å². The van der Waals surface area contributed by atoms with E-state index in [9.17, 15) is 5.11 Å². The zero-order valence-corrected chi connectivity index (χ0v) is 12.3. The first-order valence-corrected chi connectivity index (χ1v) is 9.16. The Morgan fingerprint density at radius 2 is 1.37 bits per heavy atom. The van der Waals surface area contributed by atoms with Crippen molar-refractivity contribution in [3.63, 3.8) is 0 Å². The standard InChI is InChI=1S/C15H11ClOS2/c16-19-15(12-9-5-2-6-10-12)13(17)14(18-19)11-7-3-1-4-8-11/h1-10,17H. The van der Waals surface area contributed by atoms with Crippen LogP contribution in [0.1, 0.15) is 11.1 Å². The Labute approximate surface area is 122 Å². The SMILES string of the molecule is OC1=C(c2ccccc2)SS(Cl)=C1c1ccccc1. The Morgan fingerprint density at radius 3 is 1.95 bits per heavy atom. The van der Waals surface area contributed by atoms with Crippen LogP contribution in [-0.4, -0.2) is 9.97 Å². The van der Waals surface area contributed by atoms with Crippen LogP contribution >= 0.6 is 30.2 Å². The Morgan fingerprint density at radius 1 is 0.842 bits per heavy atom. The number of halogens is 1. The largest absolute Gasteiger partial charge is 0.505 e. The molecule has 1 heterocycles. The highest BCUT2D eigenvalue weighted by atomic mass is 35.7. The first kappa shape index (κ1) is 12.9. The molecule has 0 aliphatic carbocycles. The molecule has 1 nitrogen and oxygen atoms in total. The molecule has 0 amide bonds. The summed E-state index contributed by atoms with van der Waals surface area (Å²) in [5.41, 5.74) is 1.99. The molecule has 96 valence electrons. The van der Waals surface area contributed by atoms with E-state index in [1.807, 2.05) is 60.7 Å². The van der Waals surface area contributed by atoms with Crippen molar-refractivity contribution in [2.45, 2.75) is 0 Å². The second-order valence-electron chi connectivity index (χ2n) is 4.05. The Kier molecular flexibility index (Phi) is 3.69. The first-order valence-electron chi connectivity index (χ1n) is 5.77. The van der Waals surface area contributed by atoms with Crippen LogP contribution in [0.2, 0.25) is 0 Å². The first-order chi connectivity index (χ1) is 9.27. The molecule has 4 heteroatoms. The lowest BCUT2D eigenvalue weighted by molar-refractivity contribution is 0.450. The molecule has 1 N–H and O–H groups in total. The molecule has 1 atom stereocenters. The van der Waals surface area contributed by atoms with Crippen molar-refractivity contribution in [3.8, 4) is 0 Å². The molecule has 0 aromatic heterocycles. The van der Waals surface area contributed by atoms with Crippen molar-refractivity contribution in [2.75, 3.05) is 0 Å². The second kappa shape index (κ2) is 5.45. The Balaban J connectivity index is 2.07. The highest BCUT2D eigenvalue weighted by Gasteiger charge is 2.25. The number of allylic oxidation sites excluding steroid dienone is 1. The molecule has 0 spiro atoms. The van der Waals surface area contributed by atoms with Gasteiger partial charge in [-0.15, -0.1) is 0 Å². The minimum Gasteiger partial charge on any atom is -0.505 e. The Hall–Kier alpha value is -1.16. The fourth-order valence-electron chi connectivity index (χ4n) is 1.93. The molecule has 1 aliphatic rings. The van der Waals surface area contributed by atoms with Crippen molar-refractivity contribution in [1.82, 2.24) is 0 Å². The summed E-state index contributed by atoms with van der Waals surface area (Å²) in [6.07, 6.45) is 0. The van der Waals surface area contributed by atoms with Gasteiger partial charge in [0.05, 0.1) is 9.77 Å². The van der Waals surface area contributed by atoms with E-state index >= 15 is 0 Å². The predicted octanol–water partition coefficient (Wildman–Crippen LogP) is 5.22. The maximum absolute atomic E-state index is 10.5. The summed E-state index contributed by atoms with van der Waals surface area (Å²) in [7, 11) is 7.38. The van der Waals surface area contributed by atoms with Crippen molar-refractivity contribution >= 4 is 40.0 Å². The average molecular weight is 307 g/mol. The zero-order chi connectivity index (χ0) is 13.2. The third-order valence-corrected chi connectivity index (χ3v) is 6.78. The number of benzene rings is 2. The van der Waals surface area contributed by atoms with E-state index in [0.29, 0.717) is 5.76 Å². The topological polar surface area (TPSA) is 20.2 Å². The van der Waals surface area contributed by atoms with Crippen molar-refractivity contribution < 1.29 is 5.11 Å². The van der Waals surface area contributed by atoms with E-state index in [1.165, 1.54) is 10.8 Å². The van der Waals surface area contributed by atoms with Gasteiger partial charge in [-0.25, -0.2) is 0 Å². The highest BCUT2D eigenvalue weighted by molar-refractivity contribution is 8.95. The molecular formula is C15H11ClOS2. The summed E-state index contributed by atoms with van der Waals surface area (Å²) in [5.74, 6) is 0.306. The van der Waals surface area contributed by atoms with Gasteiger partial charge in [-0.3, -0.25) is 0 Å².